The van der Waals surface area contributed by atoms with E-state index in [-0.39, 0.29) is 12.4 Å². The van der Waals surface area contributed by atoms with Gasteiger partial charge in [0.1, 0.15) is 0 Å². The van der Waals surface area contributed by atoms with Crippen molar-refractivity contribution in [1.29, 1.82) is 0 Å². The molecule has 1 rings (SSSR count). The summed E-state index contributed by atoms with van der Waals surface area (Å²) in [6, 6.07) is 3.49. The molecular formula is C16H24O4. The van der Waals surface area contributed by atoms with Gasteiger partial charge in [-0.25, -0.2) is 0 Å². The smallest absolute Gasteiger partial charge is 0.163 e. The fraction of sp³-hybridized carbons (Fsp3) is 0.562. The Morgan fingerprint density at radius 1 is 1.20 bits per heavy atom. The van der Waals surface area contributed by atoms with Crippen LogP contribution in [0, 0.1) is 5.92 Å². The van der Waals surface area contributed by atoms with E-state index in [1.165, 1.54) is 0 Å². The lowest BCUT2D eigenvalue weighted by atomic mass is 9.95. The zero-order valence-corrected chi connectivity index (χ0v) is 12.7. The molecule has 0 spiro atoms. The predicted molar refractivity (Wildman–Crippen MR) is 78.7 cm³/mol. The van der Waals surface area contributed by atoms with Crippen LogP contribution in [0.25, 0.3) is 0 Å². The van der Waals surface area contributed by atoms with E-state index in [2.05, 4.69) is 13.8 Å². The van der Waals surface area contributed by atoms with Gasteiger partial charge < -0.3 is 14.6 Å². The summed E-state index contributed by atoms with van der Waals surface area (Å²) in [6.45, 7) is 4.19. The lowest BCUT2D eigenvalue weighted by Crippen LogP contribution is -2.08. The molecular weight excluding hydrogens is 256 g/mol. The Bertz CT molecular complexity index is 452. The quantitative estimate of drug-likeness (QED) is 0.744. The Morgan fingerprint density at radius 2 is 1.80 bits per heavy atom. The van der Waals surface area contributed by atoms with Gasteiger partial charge in [-0.2, -0.15) is 0 Å². The first kappa shape index (κ1) is 16.5. The van der Waals surface area contributed by atoms with Gasteiger partial charge >= 0.3 is 0 Å². The number of aliphatic hydroxyl groups is 1. The number of ether oxygens (including phenoxy) is 2. The lowest BCUT2D eigenvalue weighted by Gasteiger charge is -2.14. The second-order valence-electron chi connectivity index (χ2n) is 5.19. The van der Waals surface area contributed by atoms with E-state index >= 15 is 0 Å². The molecule has 0 saturated heterocycles. The minimum atomic E-state index is -0.0000559. The van der Waals surface area contributed by atoms with Gasteiger partial charge in [0.15, 0.2) is 17.3 Å². The van der Waals surface area contributed by atoms with Gasteiger partial charge in [0.25, 0.3) is 0 Å². The van der Waals surface area contributed by atoms with E-state index in [0.717, 1.165) is 12.0 Å². The molecule has 4 heteroatoms. The summed E-state index contributed by atoms with van der Waals surface area (Å²) in [5, 5.41) is 9.15. The molecule has 1 aromatic carbocycles. The van der Waals surface area contributed by atoms with Gasteiger partial charge in [0.2, 0.25) is 0 Å². The number of hydrogen-bond acceptors (Lipinski definition) is 4. The summed E-state index contributed by atoms with van der Waals surface area (Å²) in [6.07, 6.45) is 1.79. The van der Waals surface area contributed by atoms with Gasteiger partial charge in [-0.3, -0.25) is 4.79 Å². The highest BCUT2D eigenvalue weighted by molar-refractivity contribution is 5.98. The number of carbonyl (C=O) groups excluding carboxylic acids is 1. The van der Waals surface area contributed by atoms with Crippen LogP contribution < -0.4 is 9.47 Å². The van der Waals surface area contributed by atoms with E-state index in [1.54, 1.807) is 26.4 Å². The second kappa shape index (κ2) is 7.90. The molecule has 0 aliphatic rings. The Hall–Kier alpha value is -1.55. The third-order valence-corrected chi connectivity index (χ3v) is 3.24. The summed E-state index contributed by atoms with van der Waals surface area (Å²) < 4.78 is 10.5. The van der Waals surface area contributed by atoms with Crippen LogP contribution in [-0.4, -0.2) is 31.7 Å². The third kappa shape index (κ3) is 4.23. The number of carbonyl (C=O) groups is 1. The summed E-state index contributed by atoms with van der Waals surface area (Å²) in [5.41, 5.74) is 1.43. The summed E-state index contributed by atoms with van der Waals surface area (Å²) in [5.74, 6) is 1.70. The van der Waals surface area contributed by atoms with Crippen molar-refractivity contribution in [3.8, 4) is 11.5 Å². The highest BCUT2D eigenvalue weighted by Gasteiger charge is 2.16. The number of hydrogen-bond donors (Lipinski definition) is 1. The SMILES string of the molecule is COc1cc(CCO)c(C(=O)CCC(C)C)cc1OC. The van der Waals surface area contributed by atoms with Crippen LogP contribution in [0.3, 0.4) is 0 Å². The molecule has 0 radical (unpaired) electrons. The highest BCUT2D eigenvalue weighted by atomic mass is 16.5. The molecule has 0 aliphatic carbocycles. The van der Waals surface area contributed by atoms with E-state index in [0.29, 0.717) is 35.8 Å². The van der Waals surface area contributed by atoms with Crippen molar-refractivity contribution in [2.24, 2.45) is 5.92 Å². The van der Waals surface area contributed by atoms with Gasteiger partial charge in [-0.1, -0.05) is 13.8 Å². The predicted octanol–water partition coefficient (Wildman–Crippen LogP) is 2.86. The molecule has 0 aliphatic heterocycles. The van der Waals surface area contributed by atoms with Crippen molar-refractivity contribution >= 4 is 5.78 Å². The summed E-state index contributed by atoms with van der Waals surface area (Å²) in [7, 11) is 3.10. The molecule has 0 fully saturated rings. The zero-order valence-electron chi connectivity index (χ0n) is 12.7. The van der Waals surface area contributed by atoms with Crippen molar-refractivity contribution in [2.75, 3.05) is 20.8 Å². The van der Waals surface area contributed by atoms with Crippen molar-refractivity contribution in [1.82, 2.24) is 0 Å². The minimum Gasteiger partial charge on any atom is -0.493 e. The van der Waals surface area contributed by atoms with Crippen molar-refractivity contribution in [3.05, 3.63) is 23.3 Å². The number of methoxy groups -OCH3 is 2. The zero-order chi connectivity index (χ0) is 15.1. The molecule has 1 N–H and O–H groups in total. The minimum absolute atomic E-state index is 0.0000559. The maximum atomic E-state index is 12.3. The highest BCUT2D eigenvalue weighted by Crippen LogP contribution is 2.31. The molecule has 20 heavy (non-hydrogen) atoms. The van der Waals surface area contributed by atoms with Crippen LogP contribution in [0.1, 0.15) is 42.6 Å². The summed E-state index contributed by atoms with van der Waals surface area (Å²) >= 11 is 0. The lowest BCUT2D eigenvalue weighted by molar-refractivity contribution is 0.0974. The molecule has 0 saturated carbocycles. The van der Waals surface area contributed by atoms with E-state index < -0.39 is 0 Å². The molecule has 0 aromatic heterocycles. The first-order chi connectivity index (χ1) is 9.53. The van der Waals surface area contributed by atoms with Crippen LogP contribution >= 0.6 is 0 Å². The van der Waals surface area contributed by atoms with Crippen molar-refractivity contribution in [3.63, 3.8) is 0 Å². The van der Waals surface area contributed by atoms with Gasteiger partial charge in [0, 0.05) is 18.6 Å². The average molecular weight is 280 g/mol. The van der Waals surface area contributed by atoms with Crippen LogP contribution in [0.4, 0.5) is 0 Å². The number of Topliss-reactive ketones (excluding diaryl/α,β-unsaturated/α-hetero) is 1. The maximum absolute atomic E-state index is 12.3. The van der Waals surface area contributed by atoms with Gasteiger partial charge in [0.05, 0.1) is 14.2 Å². The molecule has 112 valence electrons. The first-order valence-electron chi connectivity index (χ1n) is 6.92. The number of rotatable bonds is 8. The summed E-state index contributed by atoms with van der Waals surface area (Å²) in [4.78, 5) is 12.3. The van der Waals surface area contributed by atoms with Gasteiger partial charge in [-0.15, -0.1) is 0 Å². The molecule has 4 nitrogen and oxygen atoms in total. The number of ketones is 1. The molecule has 0 heterocycles. The number of aliphatic hydroxyl groups excluding tert-OH is 1. The Kier molecular flexibility index (Phi) is 6.52. The molecule has 1 aromatic rings. The van der Waals surface area contributed by atoms with E-state index in [4.69, 9.17) is 14.6 Å². The Balaban J connectivity index is 3.10. The van der Waals surface area contributed by atoms with Crippen LogP contribution in [0.5, 0.6) is 11.5 Å². The standard InChI is InChI=1S/C16H24O4/c1-11(2)5-6-14(18)13-10-16(20-4)15(19-3)9-12(13)7-8-17/h9-11,17H,5-8H2,1-4H3. The Morgan fingerprint density at radius 3 is 2.30 bits per heavy atom. The molecule has 0 atom stereocenters. The van der Waals surface area contributed by atoms with Gasteiger partial charge in [-0.05, 0) is 36.5 Å². The van der Waals surface area contributed by atoms with Crippen LogP contribution in [-0.2, 0) is 6.42 Å². The molecule has 0 unspecified atom stereocenters. The molecule has 0 amide bonds. The van der Waals surface area contributed by atoms with Crippen molar-refractivity contribution in [2.45, 2.75) is 33.1 Å². The van der Waals surface area contributed by atoms with E-state index in [1.807, 2.05) is 0 Å². The molecule has 0 bridgehead atoms. The number of benzene rings is 1. The Labute approximate surface area is 120 Å². The van der Waals surface area contributed by atoms with Crippen LogP contribution in [0.2, 0.25) is 0 Å². The first-order valence-corrected chi connectivity index (χ1v) is 6.92. The fourth-order valence-electron chi connectivity index (χ4n) is 2.06. The fourth-order valence-corrected chi connectivity index (χ4v) is 2.06. The van der Waals surface area contributed by atoms with Crippen molar-refractivity contribution < 1.29 is 19.4 Å². The average Bonchev–Trinajstić information content (AvgIpc) is 2.44. The largest absolute Gasteiger partial charge is 0.493 e. The van der Waals surface area contributed by atoms with E-state index in [9.17, 15) is 4.79 Å². The topological polar surface area (TPSA) is 55.8 Å². The normalized spacial score (nSPS) is 10.7. The third-order valence-electron chi connectivity index (χ3n) is 3.24. The monoisotopic (exact) mass is 280 g/mol. The van der Waals surface area contributed by atoms with Crippen LogP contribution in [0.15, 0.2) is 12.1 Å². The maximum Gasteiger partial charge on any atom is 0.163 e. The second-order valence-corrected chi connectivity index (χ2v) is 5.19.